The minimum absolute atomic E-state index is 0.681. The average Bonchev–Trinajstić information content (AvgIpc) is 2.14. The molecule has 0 amide bonds. The molecule has 1 saturated carbocycles. The number of nitrogens with one attached hydrogen (secondary N) is 1. The monoisotopic (exact) mass is 203 g/mol. The van der Waals surface area contributed by atoms with E-state index >= 15 is 0 Å². The Kier molecular flexibility index (Phi) is 3.42. The predicted octanol–water partition coefficient (Wildman–Crippen LogP) is 3.27. The van der Waals surface area contributed by atoms with Gasteiger partial charge in [0.15, 0.2) is 0 Å². The zero-order valence-corrected chi connectivity index (χ0v) is 9.79. The lowest BCUT2D eigenvalue weighted by molar-refractivity contribution is 0.240. The molecule has 0 bridgehead atoms. The van der Waals surface area contributed by atoms with Gasteiger partial charge >= 0.3 is 0 Å². The summed E-state index contributed by atoms with van der Waals surface area (Å²) in [4.78, 5) is 0. The highest BCUT2D eigenvalue weighted by molar-refractivity contribution is 5.21. The summed E-state index contributed by atoms with van der Waals surface area (Å²) >= 11 is 0. The smallest absolute Gasteiger partial charge is 0.0208 e. The minimum Gasteiger partial charge on any atom is -0.310 e. The van der Waals surface area contributed by atoms with Gasteiger partial charge in [0.25, 0.3) is 0 Å². The molecular formula is C14H21N. The molecule has 1 aromatic rings. The highest BCUT2D eigenvalue weighted by Gasteiger charge is 2.22. The van der Waals surface area contributed by atoms with Crippen molar-refractivity contribution >= 4 is 0 Å². The van der Waals surface area contributed by atoms with E-state index in [1.54, 1.807) is 0 Å². The van der Waals surface area contributed by atoms with Gasteiger partial charge in [0, 0.05) is 12.6 Å². The van der Waals surface area contributed by atoms with Gasteiger partial charge in [-0.15, -0.1) is 0 Å². The van der Waals surface area contributed by atoms with Crippen LogP contribution in [0.25, 0.3) is 0 Å². The summed E-state index contributed by atoms with van der Waals surface area (Å²) in [5, 5.41) is 3.62. The maximum absolute atomic E-state index is 3.62. The lowest BCUT2D eigenvalue weighted by Crippen LogP contribution is -2.36. The Labute approximate surface area is 92.9 Å². The van der Waals surface area contributed by atoms with Crippen LogP contribution in [-0.4, -0.2) is 6.04 Å². The Morgan fingerprint density at radius 2 is 1.93 bits per heavy atom. The second kappa shape index (κ2) is 4.80. The first kappa shape index (κ1) is 10.7. The van der Waals surface area contributed by atoms with Gasteiger partial charge in [0.05, 0.1) is 0 Å². The average molecular weight is 203 g/mol. The topological polar surface area (TPSA) is 12.0 Å². The minimum atomic E-state index is 0.681. The van der Waals surface area contributed by atoms with E-state index < -0.39 is 0 Å². The highest BCUT2D eigenvalue weighted by Crippen LogP contribution is 2.29. The van der Waals surface area contributed by atoms with Crippen molar-refractivity contribution in [3.63, 3.8) is 0 Å². The molecule has 1 nitrogen and oxygen atoms in total. The maximum Gasteiger partial charge on any atom is 0.0208 e. The summed E-state index contributed by atoms with van der Waals surface area (Å²) in [6.07, 6.45) is 4.27. The molecule has 15 heavy (non-hydrogen) atoms. The Bertz CT molecular complexity index is 298. The van der Waals surface area contributed by atoms with E-state index in [4.69, 9.17) is 0 Å². The Balaban J connectivity index is 1.79. The van der Waals surface area contributed by atoms with Gasteiger partial charge in [-0.25, -0.2) is 0 Å². The van der Waals surface area contributed by atoms with Gasteiger partial charge in [-0.1, -0.05) is 36.2 Å². The Morgan fingerprint density at radius 1 is 1.27 bits per heavy atom. The van der Waals surface area contributed by atoms with Crippen molar-refractivity contribution in [3.05, 3.63) is 35.4 Å². The SMILES string of the molecule is Cc1ccc(CN[C@@H](C)C2CCC2)cc1. The zero-order chi connectivity index (χ0) is 10.7. The van der Waals surface area contributed by atoms with Crippen LogP contribution in [0, 0.1) is 12.8 Å². The summed E-state index contributed by atoms with van der Waals surface area (Å²) in [5.74, 6) is 0.926. The van der Waals surface area contributed by atoms with Crippen molar-refractivity contribution in [1.82, 2.24) is 5.32 Å². The fourth-order valence-corrected chi connectivity index (χ4v) is 2.09. The van der Waals surface area contributed by atoms with Gasteiger partial charge in [-0.3, -0.25) is 0 Å². The molecule has 1 fully saturated rings. The van der Waals surface area contributed by atoms with Crippen molar-refractivity contribution < 1.29 is 0 Å². The summed E-state index contributed by atoms with van der Waals surface area (Å²) in [7, 11) is 0. The molecule has 2 rings (SSSR count). The number of rotatable bonds is 4. The summed E-state index contributed by atoms with van der Waals surface area (Å²) in [5.41, 5.74) is 2.73. The van der Waals surface area contributed by atoms with Gasteiger partial charge in [0.1, 0.15) is 0 Å². The van der Waals surface area contributed by atoms with Crippen molar-refractivity contribution in [3.8, 4) is 0 Å². The molecule has 1 aromatic carbocycles. The fourth-order valence-electron chi connectivity index (χ4n) is 2.09. The van der Waals surface area contributed by atoms with Gasteiger partial charge in [-0.2, -0.15) is 0 Å². The van der Waals surface area contributed by atoms with E-state index in [-0.39, 0.29) is 0 Å². The quantitative estimate of drug-likeness (QED) is 0.792. The van der Waals surface area contributed by atoms with Crippen molar-refractivity contribution in [2.24, 2.45) is 5.92 Å². The first-order valence-electron chi connectivity index (χ1n) is 6.04. The van der Waals surface area contributed by atoms with Crippen LogP contribution in [0.15, 0.2) is 24.3 Å². The van der Waals surface area contributed by atoms with E-state index in [0.29, 0.717) is 6.04 Å². The van der Waals surface area contributed by atoms with Crippen LogP contribution < -0.4 is 5.32 Å². The summed E-state index contributed by atoms with van der Waals surface area (Å²) < 4.78 is 0. The number of benzene rings is 1. The van der Waals surface area contributed by atoms with E-state index in [1.165, 1.54) is 30.4 Å². The molecule has 1 aliphatic carbocycles. The van der Waals surface area contributed by atoms with E-state index in [2.05, 4.69) is 43.4 Å². The number of hydrogen-bond donors (Lipinski definition) is 1. The third kappa shape index (κ3) is 2.82. The molecule has 0 aliphatic heterocycles. The Morgan fingerprint density at radius 3 is 2.47 bits per heavy atom. The standard InChI is InChI=1S/C14H21N/c1-11-6-8-13(9-7-11)10-15-12(2)14-4-3-5-14/h6-9,12,14-15H,3-5,10H2,1-2H3/t12-/m0/s1. The van der Waals surface area contributed by atoms with Crippen LogP contribution >= 0.6 is 0 Å². The first-order valence-corrected chi connectivity index (χ1v) is 6.04. The van der Waals surface area contributed by atoms with Crippen LogP contribution in [0.5, 0.6) is 0 Å². The fraction of sp³-hybridized carbons (Fsp3) is 0.571. The van der Waals surface area contributed by atoms with E-state index in [0.717, 1.165) is 12.5 Å². The van der Waals surface area contributed by atoms with E-state index in [9.17, 15) is 0 Å². The van der Waals surface area contributed by atoms with Crippen LogP contribution in [0.3, 0.4) is 0 Å². The molecule has 1 atom stereocenters. The maximum atomic E-state index is 3.62. The highest BCUT2D eigenvalue weighted by atomic mass is 14.9. The molecule has 0 aromatic heterocycles. The van der Waals surface area contributed by atoms with Crippen LogP contribution in [-0.2, 0) is 6.54 Å². The second-order valence-corrected chi connectivity index (χ2v) is 4.85. The van der Waals surface area contributed by atoms with Crippen LogP contribution in [0.2, 0.25) is 0 Å². The third-order valence-electron chi connectivity index (χ3n) is 3.61. The normalized spacial score (nSPS) is 18.5. The predicted molar refractivity (Wildman–Crippen MR) is 64.8 cm³/mol. The largest absolute Gasteiger partial charge is 0.310 e. The molecule has 1 N–H and O–H groups in total. The molecule has 0 saturated heterocycles. The zero-order valence-electron chi connectivity index (χ0n) is 9.79. The second-order valence-electron chi connectivity index (χ2n) is 4.85. The van der Waals surface area contributed by atoms with E-state index in [1.807, 2.05) is 0 Å². The van der Waals surface area contributed by atoms with Crippen molar-refractivity contribution in [2.45, 2.75) is 45.7 Å². The Hall–Kier alpha value is -0.820. The lowest BCUT2D eigenvalue weighted by Gasteiger charge is -2.32. The number of hydrogen-bond acceptors (Lipinski definition) is 1. The lowest BCUT2D eigenvalue weighted by atomic mass is 9.80. The van der Waals surface area contributed by atoms with Crippen molar-refractivity contribution in [1.29, 1.82) is 0 Å². The molecule has 82 valence electrons. The molecule has 0 spiro atoms. The van der Waals surface area contributed by atoms with Crippen molar-refractivity contribution in [2.75, 3.05) is 0 Å². The summed E-state index contributed by atoms with van der Waals surface area (Å²) in [6.45, 7) is 5.46. The molecular weight excluding hydrogens is 182 g/mol. The molecule has 0 heterocycles. The molecule has 0 radical (unpaired) electrons. The van der Waals surface area contributed by atoms with Gasteiger partial charge in [0.2, 0.25) is 0 Å². The molecule has 1 heteroatoms. The van der Waals surface area contributed by atoms with Gasteiger partial charge in [-0.05, 0) is 38.2 Å². The molecule has 0 unspecified atom stereocenters. The first-order chi connectivity index (χ1) is 7.25. The summed E-state index contributed by atoms with van der Waals surface area (Å²) in [6, 6.07) is 9.49. The third-order valence-corrected chi connectivity index (χ3v) is 3.61. The van der Waals surface area contributed by atoms with Crippen LogP contribution in [0.1, 0.15) is 37.3 Å². The van der Waals surface area contributed by atoms with Gasteiger partial charge < -0.3 is 5.32 Å². The van der Waals surface area contributed by atoms with Crippen LogP contribution in [0.4, 0.5) is 0 Å². The number of aryl methyl sites for hydroxylation is 1. The molecule has 1 aliphatic rings.